The van der Waals surface area contributed by atoms with Gasteiger partial charge in [0, 0.05) is 12.8 Å². The van der Waals surface area contributed by atoms with Gasteiger partial charge in [0.15, 0.2) is 6.10 Å². The molecular formula is C60H108NO8+. The zero-order valence-corrected chi connectivity index (χ0v) is 45.5. The quantitative estimate of drug-likeness (QED) is 0.0211. The number of likely N-dealkylation sites (N-methyl/N-ethyl adjacent to an activating group) is 1. The van der Waals surface area contributed by atoms with Gasteiger partial charge in [0.05, 0.1) is 34.4 Å². The third-order valence-corrected chi connectivity index (χ3v) is 12.3. The van der Waals surface area contributed by atoms with Crippen LogP contribution in [0.25, 0.3) is 0 Å². The molecule has 0 aliphatic heterocycles. The Morgan fingerprint density at radius 3 is 1.23 bits per heavy atom. The first-order valence-corrected chi connectivity index (χ1v) is 28.5. The van der Waals surface area contributed by atoms with Crippen LogP contribution in [0.4, 0.5) is 0 Å². The molecule has 0 rings (SSSR count). The summed E-state index contributed by atoms with van der Waals surface area (Å²) in [7, 11) is 5.97. The zero-order valence-electron chi connectivity index (χ0n) is 45.5. The smallest absolute Gasteiger partial charge is 0.361 e. The Morgan fingerprint density at radius 1 is 0.449 bits per heavy atom. The lowest BCUT2D eigenvalue weighted by Gasteiger charge is -2.25. The third kappa shape index (κ3) is 52.6. The van der Waals surface area contributed by atoms with E-state index in [0.717, 1.165) is 70.6 Å². The summed E-state index contributed by atoms with van der Waals surface area (Å²) in [6.45, 7) is 4.78. The highest BCUT2D eigenvalue weighted by Gasteiger charge is 2.25. The molecule has 2 atom stereocenters. The normalized spacial score (nSPS) is 13.2. The van der Waals surface area contributed by atoms with Gasteiger partial charge in [0.1, 0.15) is 13.2 Å². The van der Waals surface area contributed by atoms with Crippen molar-refractivity contribution < 1.29 is 42.9 Å². The molecule has 0 fully saturated rings. The van der Waals surface area contributed by atoms with Gasteiger partial charge in [-0.2, -0.15) is 0 Å². The molecule has 9 nitrogen and oxygen atoms in total. The first-order chi connectivity index (χ1) is 33.6. The van der Waals surface area contributed by atoms with Gasteiger partial charge < -0.3 is 28.5 Å². The molecule has 0 aromatic heterocycles. The molecule has 0 saturated carbocycles. The summed E-state index contributed by atoms with van der Waals surface area (Å²) >= 11 is 0. The fraction of sp³-hybridized carbons (Fsp3) is 0.783. The van der Waals surface area contributed by atoms with E-state index in [1.165, 1.54) is 148 Å². The van der Waals surface area contributed by atoms with Crippen LogP contribution in [-0.4, -0.2) is 87.4 Å². The minimum Gasteiger partial charge on any atom is -0.477 e. The predicted octanol–water partition coefficient (Wildman–Crippen LogP) is 16.5. The average molecular weight is 972 g/mol. The van der Waals surface area contributed by atoms with E-state index in [2.05, 4.69) is 74.6 Å². The average Bonchev–Trinajstić information content (AvgIpc) is 3.31. The van der Waals surface area contributed by atoms with Crippen molar-refractivity contribution in [3.05, 3.63) is 60.8 Å². The molecule has 0 saturated heterocycles. The number of unbranched alkanes of at least 4 members (excludes halogenated alkanes) is 27. The molecule has 0 aromatic carbocycles. The highest BCUT2D eigenvalue weighted by atomic mass is 16.7. The maximum Gasteiger partial charge on any atom is 0.361 e. The lowest BCUT2D eigenvalue weighted by Crippen LogP contribution is -2.40. The van der Waals surface area contributed by atoms with E-state index in [4.69, 9.17) is 18.9 Å². The highest BCUT2D eigenvalue weighted by Crippen LogP contribution is 2.16. The van der Waals surface area contributed by atoms with Crippen molar-refractivity contribution in [1.82, 2.24) is 0 Å². The van der Waals surface area contributed by atoms with Crippen LogP contribution in [0.2, 0.25) is 0 Å². The first kappa shape index (κ1) is 66.0. The number of hydrogen-bond acceptors (Lipinski definition) is 7. The van der Waals surface area contributed by atoms with Gasteiger partial charge in [-0.05, 0) is 57.8 Å². The van der Waals surface area contributed by atoms with Crippen LogP contribution in [0.1, 0.15) is 245 Å². The van der Waals surface area contributed by atoms with Crippen LogP contribution in [0.3, 0.4) is 0 Å². The zero-order chi connectivity index (χ0) is 50.6. The number of rotatable bonds is 52. The van der Waals surface area contributed by atoms with Gasteiger partial charge in [-0.15, -0.1) is 0 Å². The lowest BCUT2D eigenvalue weighted by atomic mass is 10.0. The second-order valence-corrected chi connectivity index (χ2v) is 20.2. The fourth-order valence-corrected chi connectivity index (χ4v) is 7.92. The van der Waals surface area contributed by atoms with E-state index < -0.39 is 24.3 Å². The van der Waals surface area contributed by atoms with Crippen molar-refractivity contribution in [3.8, 4) is 0 Å². The molecule has 2 unspecified atom stereocenters. The molecule has 69 heavy (non-hydrogen) atoms. The number of aliphatic carboxylic acids is 1. The van der Waals surface area contributed by atoms with E-state index in [1.54, 1.807) is 0 Å². The predicted molar refractivity (Wildman–Crippen MR) is 290 cm³/mol. The lowest BCUT2D eigenvalue weighted by molar-refractivity contribution is -0.870. The van der Waals surface area contributed by atoms with E-state index >= 15 is 0 Å². The summed E-state index contributed by atoms with van der Waals surface area (Å²) in [5.74, 6) is -2.00. The summed E-state index contributed by atoms with van der Waals surface area (Å²) in [5, 5.41) is 9.68. The fourth-order valence-electron chi connectivity index (χ4n) is 7.92. The number of carbonyl (C=O) groups is 3. The number of carboxylic acids is 1. The van der Waals surface area contributed by atoms with Crippen LogP contribution in [0, 0.1) is 0 Å². The Morgan fingerprint density at radius 2 is 0.826 bits per heavy atom. The van der Waals surface area contributed by atoms with E-state index in [-0.39, 0.29) is 32.2 Å². The van der Waals surface area contributed by atoms with Gasteiger partial charge in [0.2, 0.25) is 0 Å². The molecule has 0 heterocycles. The van der Waals surface area contributed by atoms with Gasteiger partial charge in [-0.3, -0.25) is 9.59 Å². The van der Waals surface area contributed by atoms with Gasteiger partial charge >= 0.3 is 17.9 Å². The van der Waals surface area contributed by atoms with Crippen LogP contribution >= 0.6 is 0 Å². The summed E-state index contributed by atoms with van der Waals surface area (Å²) in [6.07, 6.45) is 61.6. The van der Waals surface area contributed by atoms with Crippen molar-refractivity contribution >= 4 is 17.9 Å². The topological polar surface area (TPSA) is 108 Å². The van der Waals surface area contributed by atoms with Gasteiger partial charge in [0.25, 0.3) is 6.29 Å². The Labute approximate surface area is 425 Å². The number of carboxylic acid groups (broad SMARTS) is 1. The van der Waals surface area contributed by atoms with E-state index in [1.807, 2.05) is 21.1 Å². The Bertz CT molecular complexity index is 1310. The van der Waals surface area contributed by atoms with Gasteiger partial charge in [-0.1, -0.05) is 235 Å². The molecule has 9 heteroatoms. The van der Waals surface area contributed by atoms with Crippen molar-refractivity contribution in [2.75, 3.05) is 47.5 Å². The Kier molecular flexibility index (Phi) is 49.1. The molecule has 0 aromatic rings. The number of carbonyl (C=O) groups excluding carboxylic acids is 2. The molecule has 0 amide bonds. The number of quaternary nitrogens is 1. The number of esters is 2. The largest absolute Gasteiger partial charge is 0.477 e. The molecule has 400 valence electrons. The van der Waals surface area contributed by atoms with Crippen molar-refractivity contribution in [2.45, 2.75) is 257 Å². The molecular weight excluding hydrogens is 863 g/mol. The van der Waals surface area contributed by atoms with Crippen LogP contribution in [0.5, 0.6) is 0 Å². The summed E-state index contributed by atoms with van der Waals surface area (Å²) in [6, 6.07) is 0. The third-order valence-electron chi connectivity index (χ3n) is 12.3. The Hall–Kier alpha value is -3.01. The molecule has 0 spiro atoms. The first-order valence-electron chi connectivity index (χ1n) is 28.5. The van der Waals surface area contributed by atoms with Crippen LogP contribution in [-0.2, 0) is 33.3 Å². The number of nitrogens with zero attached hydrogens (tertiary/aromatic N) is 1. The van der Waals surface area contributed by atoms with Crippen molar-refractivity contribution in [1.29, 1.82) is 0 Å². The van der Waals surface area contributed by atoms with Crippen LogP contribution in [0.15, 0.2) is 60.8 Å². The van der Waals surface area contributed by atoms with E-state index in [0.29, 0.717) is 17.4 Å². The minimum atomic E-state index is -1.51. The minimum absolute atomic E-state index is 0.179. The molecule has 1 N–H and O–H groups in total. The van der Waals surface area contributed by atoms with Gasteiger partial charge in [-0.25, -0.2) is 4.79 Å². The highest BCUT2D eigenvalue weighted by molar-refractivity contribution is 5.71. The summed E-state index contributed by atoms with van der Waals surface area (Å²) < 4.78 is 22.8. The summed E-state index contributed by atoms with van der Waals surface area (Å²) in [5.41, 5.74) is 0. The maximum atomic E-state index is 12.9. The SMILES string of the molecule is CC/C=C\C/C=C\C/C=C\C/C=C\C/C=C\CCCCCCCCCCCCCCCCCC(=O)OC(COC(=O)CCCCCCCCCCCCCCC)COC(OCC[N+](C)(C)C)C(=O)O. The number of hydrogen-bond donors (Lipinski definition) is 1. The van der Waals surface area contributed by atoms with Crippen LogP contribution < -0.4 is 0 Å². The van der Waals surface area contributed by atoms with Crippen molar-refractivity contribution in [2.24, 2.45) is 0 Å². The molecule has 0 aliphatic rings. The number of ether oxygens (including phenoxy) is 4. The second kappa shape index (κ2) is 51.3. The summed E-state index contributed by atoms with van der Waals surface area (Å²) in [4.78, 5) is 37.3. The number of allylic oxidation sites excluding steroid dienone is 10. The van der Waals surface area contributed by atoms with E-state index in [9.17, 15) is 19.5 Å². The molecule has 0 aliphatic carbocycles. The van der Waals surface area contributed by atoms with Crippen molar-refractivity contribution in [3.63, 3.8) is 0 Å². The standard InChI is InChI=1S/C60H107NO8/c1-6-8-10-12-14-16-18-20-21-22-23-24-25-26-27-28-29-30-31-32-33-34-35-36-37-39-41-43-45-47-49-51-58(63)69-56(55-68-60(59(64)65)66-53-52-61(3,4)5)54-67-57(62)50-48-46-44-42-40-38-19-17-15-13-11-9-7-2/h8,10,14,16,20-21,23-24,26-27,56,60H,6-7,9,11-13,15,17-19,22,25,28-55H2,1-5H3/p+1/b10-8-,16-14-,21-20-,24-23-,27-26-. The molecule has 0 radical (unpaired) electrons. The second-order valence-electron chi connectivity index (χ2n) is 20.2. The molecule has 0 bridgehead atoms. The maximum absolute atomic E-state index is 12.9. The monoisotopic (exact) mass is 971 g/mol. The Balaban J connectivity index is 4.13.